The maximum atomic E-state index is 12.3. The van der Waals surface area contributed by atoms with Crippen LogP contribution in [-0.4, -0.2) is 51.9 Å². The van der Waals surface area contributed by atoms with Crippen molar-refractivity contribution in [1.82, 2.24) is 15.4 Å². The molecule has 0 aliphatic heterocycles. The topological polar surface area (TPSA) is 131 Å². The van der Waals surface area contributed by atoms with Crippen LogP contribution in [0.3, 0.4) is 0 Å². The summed E-state index contributed by atoms with van der Waals surface area (Å²) in [6.45, 7) is 1.33. The number of amides is 2. The second-order valence-corrected chi connectivity index (χ2v) is 7.94. The third-order valence-electron chi connectivity index (χ3n) is 3.51. The van der Waals surface area contributed by atoms with Crippen molar-refractivity contribution in [2.24, 2.45) is 0 Å². The molecule has 11 heteroatoms. The van der Waals surface area contributed by atoms with Gasteiger partial charge in [-0.2, -0.15) is 0 Å². The van der Waals surface area contributed by atoms with Crippen LogP contribution in [0.5, 0.6) is 0 Å². The van der Waals surface area contributed by atoms with Crippen LogP contribution in [0.15, 0.2) is 23.1 Å². The van der Waals surface area contributed by atoms with Crippen LogP contribution in [0.25, 0.3) is 0 Å². The minimum Gasteiger partial charge on any atom is -0.452 e. The van der Waals surface area contributed by atoms with Crippen molar-refractivity contribution in [2.45, 2.75) is 30.7 Å². The molecule has 148 valence electrons. The van der Waals surface area contributed by atoms with Gasteiger partial charge in [-0.05, 0) is 38.0 Å². The van der Waals surface area contributed by atoms with Gasteiger partial charge in [-0.25, -0.2) is 17.9 Å². The van der Waals surface area contributed by atoms with E-state index in [-0.39, 0.29) is 34.0 Å². The van der Waals surface area contributed by atoms with E-state index in [1.807, 2.05) is 0 Å². The molecule has 0 aromatic heterocycles. The molecule has 2 amide bonds. The number of carbonyl (C=O) groups is 3. The van der Waals surface area contributed by atoms with E-state index in [0.717, 1.165) is 18.9 Å². The zero-order chi connectivity index (χ0) is 20.0. The van der Waals surface area contributed by atoms with Crippen LogP contribution in [0.4, 0.5) is 0 Å². The monoisotopic (exact) mass is 417 g/mol. The fourth-order valence-electron chi connectivity index (χ4n) is 2.02. The highest BCUT2D eigenvalue weighted by molar-refractivity contribution is 7.89. The van der Waals surface area contributed by atoms with E-state index in [1.165, 1.54) is 12.1 Å². The highest BCUT2D eigenvalue weighted by atomic mass is 35.5. The van der Waals surface area contributed by atoms with Gasteiger partial charge in [0.25, 0.3) is 5.91 Å². The van der Waals surface area contributed by atoms with E-state index in [4.69, 9.17) is 16.3 Å². The first-order chi connectivity index (χ1) is 12.7. The molecule has 0 bridgehead atoms. The largest absolute Gasteiger partial charge is 0.452 e. The Kier molecular flexibility index (Phi) is 7.17. The summed E-state index contributed by atoms with van der Waals surface area (Å²) in [5.74, 6) is -1.91. The molecule has 0 spiro atoms. The van der Waals surface area contributed by atoms with Gasteiger partial charge in [-0.15, -0.1) is 0 Å². The van der Waals surface area contributed by atoms with Gasteiger partial charge in [-0.1, -0.05) is 11.6 Å². The molecule has 1 aromatic rings. The lowest BCUT2D eigenvalue weighted by molar-refractivity contribution is -0.127. The summed E-state index contributed by atoms with van der Waals surface area (Å²) in [6, 6.07) is 3.56. The average Bonchev–Trinajstić information content (AvgIpc) is 3.41. The third kappa shape index (κ3) is 6.49. The molecule has 0 unspecified atom stereocenters. The Balaban J connectivity index is 1.95. The fraction of sp³-hybridized carbons (Fsp3) is 0.438. The molecule has 0 radical (unpaired) electrons. The Labute approximate surface area is 161 Å². The summed E-state index contributed by atoms with van der Waals surface area (Å²) in [7, 11) is -3.85. The van der Waals surface area contributed by atoms with Crippen LogP contribution in [-0.2, 0) is 24.3 Å². The van der Waals surface area contributed by atoms with E-state index < -0.39 is 28.5 Å². The molecule has 0 heterocycles. The number of carbonyl (C=O) groups excluding carboxylic acids is 3. The number of hydrogen-bond donors (Lipinski definition) is 3. The zero-order valence-corrected chi connectivity index (χ0v) is 16.2. The first kappa shape index (κ1) is 21.1. The lowest BCUT2D eigenvalue weighted by Crippen LogP contribution is -2.38. The van der Waals surface area contributed by atoms with E-state index in [1.54, 1.807) is 6.92 Å². The number of benzene rings is 1. The van der Waals surface area contributed by atoms with Crippen molar-refractivity contribution >= 4 is 39.4 Å². The second-order valence-electron chi connectivity index (χ2n) is 5.85. The molecule has 1 fully saturated rings. The summed E-state index contributed by atoms with van der Waals surface area (Å²) in [6.07, 6.45) is 1.51. The zero-order valence-electron chi connectivity index (χ0n) is 14.6. The summed E-state index contributed by atoms with van der Waals surface area (Å²) < 4.78 is 31.9. The van der Waals surface area contributed by atoms with Crippen molar-refractivity contribution in [3.63, 3.8) is 0 Å². The molecule has 2 rings (SSSR count). The van der Waals surface area contributed by atoms with Crippen LogP contribution >= 0.6 is 11.6 Å². The third-order valence-corrected chi connectivity index (χ3v) is 5.51. The summed E-state index contributed by atoms with van der Waals surface area (Å²) in [5, 5.41) is 4.76. The standard InChI is InChI=1S/C16H20ClN3O6S/c1-2-18-14(21)8-19-15(22)9-26-16(23)10-3-6-12(17)13(7-10)27(24,25)20-11-4-5-11/h3,6-7,11,20H,2,4-5,8-9H2,1H3,(H,18,21)(H,19,22). The molecule has 3 N–H and O–H groups in total. The number of sulfonamides is 1. The van der Waals surface area contributed by atoms with Crippen molar-refractivity contribution < 1.29 is 27.5 Å². The number of esters is 1. The molecule has 1 aliphatic rings. The smallest absolute Gasteiger partial charge is 0.338 e. The van der Waals surface area contributed by atoms with Crippen LogP contribution in [0, 0.1) is 0 Å². The Morgan fingerprint density at radius 2 is 1.89 bits per heavy atom. The van der Waals surface area contributed by atoms with E-state index in [2.05, 4.69) is 15.4 Å². The average molecular weight is 418 g/mol. The lowest BCUT2D eigenvalue weighted by atomic mass is 10.2. The highest BCUT2D eigenvalue weighted by Gasteiger charge is 2.29. The summed E-state index contributed by atoms with van der Waals surface area (Å²) >= 11 is 5.94. The molecule has 1 aromatic carbocycles. The van der Waals surface area contributed by atoms with Crippen molar-refractivity contribution in [3.8, 4) is 0 Å². The number of halogens is 1. The van der Waals surface area contributed by atoms with Crippen molar-refractivity contribution in [1.29, 1.82) is 0 Å². The predicted octanol–water partition coefficient (Wildman–Crippen LogP) is 0.190. The lowest BCUT2D eigenvalue weighted by Gasteiger charge is -2.10. The van der Waals surface area contributed by atoms with Crippen molar-refractivity contribution in [3.05, 3.63) is 28.8 Å². The molecule has 27 heavy (non-hydrogen) atoms. The molecule has 1 aliphatic carbocycles. The SMILES string of the molecule is CCNC(=O)CNC(=O)COC(=O)c1ccc(Cl)c(S(=O)(=O)NC2CC2)c1. The van der Waals surface area contributed by atoms with Crippen molar-refractivity contribution in [2.75, 3.05) is 19.7 Å². The van der Waals surface area contributed by atoms with Gasteiger partial charge >= 0.3 is 5.97 Å². The van der Waals surface area contributed by atoms with Gasteiger partial charge in [0.2, 0.25) is 15.9 Å². The molecule has 1 saturated carbocycles. The van der Waals surface area contributed by atoms with Crippen LogP contribution in [0.1, 0.15) is 30.1 Å². The minimum absolute atomic E-state index is 0.0284. The van der Waals surface area contributed by atoms with Crippen LogP contribution < -0.4 is 15.4 Å². The van der Waals surface area contributed by atoms with Gasteiger partial charge < -0.3 is 15.4 Å². The maximum Gasteiger partial charge on any atom is 0.338 e. The first-order valence-electron chi connectivity index (χ1n) is 8.25. The fourth-order valence-corrected chi connectivity index (χ4v) is 3.85. The van der Waals surface area contributed by atoms with Crippen LogP contribution in [0.2, 0.25) is 5.02 Å². The Bertz CT molecular complexity index is 839. The molecule has 0 atom stereocenters. The normalized spacial score (nSPS) is 13.7. The quantitative estimate of drug-likeness (QED) is 0.491. The first-order valence-corrected chi connectivity index (χ1v) is 10.1. The Morgan fingerprint density at radius 1 is 1.19 bits per heavy atom. The molecule has 0 saturated heterocycles. The minimum atomic E-state index is -3.85. The van der Waals surface area contributed by atoms with Gasteiger partial charge in [0, 0.05) is 12.6 Å². The highest BCUT2D eigenvalue weighted by Crippen LogP contribution is 2.27. The van der Waals surface area contributed by atoms with Gasteiger partial charge in [0.15, 0.2) is 6.61 Å². The van der Waals surface area contributed by atoms with E-state index >= 15 is 0 Å². The molecule has 9 nitrogen and oxygen atoms in total. The summed E-state index contributed by atoms with van der Waals surface area (Å²) in [5.41, 5.74) is -0.0629. The number of nitrogens with one attached hydrogen (secondary N) is 3. The predicted molar refractivity (Wildman–Crippen MR) is 96.8 cm³/mol. The van der Waals surface area contributed by atoms with Gasteiger partial charge in [-0.3, -0.25) is 9.59 Å². The van der Waals surface area contributed by atoms with Gasteiger partial charge in [0.1, 0.15) is 4.90 Å². The summed E-state index contributed by atoms with van der Waals surface area (Å²) in [4.78, 5) is 34.7. The molecular weight excluding hydrogens is 398 g/mol. The Hall–Kier alpha value is -2.17. The number of hydrogen-bond acceptors (Lipinski definition) is 6. The second kappa shape index (κ2) is 9.16. The molecular formula is C16H20ClN3O6S. The number of ether oxygens (including phenoxy) is 1. The number of rotatable bonds is 9. The maximum absolute atomic E-state index is 12.3. The van der Waals surface area contributed by atoms with Gasteiger partial charge in [0.05, 0.1) is 17.1 Å². The van der Waals surface area contributed by atoms with E-state index in [0.29, 0.717) is 6.54 Å². The van der Waals surface area contributed by atoms with E-state index in [9.17, 15) is 22.8 Å². The Morgan fingerprint density at radius 3 is 2.52 bits per heavy atom. The number of likely N-dealkylation sites (N-methyl/N-ethyl adjacent to an activating group) is 1.